The van der Waals surface area contributed by atoms with E-state index in [2.05, 4.69) is 55.3 Å². The molecule has 0 spiro atoms. The highest BCUT2D eigenvalue weighted by molar-refractivity contribution is 6.15. The lowest BCUT2D eigenvalue weighted by atomic mass is 10.0. The van der Waals surface area contributed by atoms with E-state index < -0.39 is 5.92 Å². The number of hydrogen-bond acceptors (Lipinski definition) is 9. The molecule has 44 heavy (non-hydrogen) atoms. The Bertz CT molecular complexity index is 1750. The molecule has 2 atom stereocenters. The number of H-pyrrole nitrogens is 1. The Labute approximate surface area is 254 Å². The van der Waals surface area contributed by atoms with Crippen LogP contribution < -0.4 is 10.2 Å². The minimum atomic E-state index is -2.61. The molecule has 0 bridgehead atoms. The summed E-state index contributed by atoms with van der Waals surface area (Å²) in [6.45, 7) is 6.24. The van der Waals surface area contributed by atoms with Crippen molar-refractivity contribution in [3.8, 4) is 11.1 Å². The predicted octanol–water partition coefficient (Wildman–Crippen LogP) is 2.88. The molecule has 10 nitrogen and oxygen atoms in total. The molecule has 0 radical (unpaired) electrons. The van der Waals surface area contributed by atoms with Crippen molar-refractivity contribution in [2.75, 3.05) is 64.3 Å². The molecule has 226 valence electrons. The van der Waals surface area contributed by atoms with Gasteiger partial charge in [-0.1, -0.05) is 0 Å². The number of alkyl halides is 2. The zero-order valence-electron chi connectivity index (χ0n) is 24.6. The van der Waals surface area contributed by atoms with E-state index in [1.807, 2.05) is 18.5 Å². The minimum absolute atomic E-state index is 0.0915. The zero-order chi connectivity index (χ0) is 29.6. The largest absolute Gasteiger partial charge is 0.373 e. The maximum Gasteiger partial charge on any atom is 0.261 e. The number of likely N-dealkylation sites (tertiary alicyclic amines) is 1. The Morgan fingerprint density at radius 2 is 1.89 bits per heavy atom. The molecule has 2 N–H and O–H groups in total. The van der Waals surface area contributed by atoms with Crippen LogP contribution in [0.3, 0.4) is 0 Å². The van der Waals surface area contributed by atoms with Crippen molar-refractivity contribution in [3.05, 3.63) is 76.9 Å². The minimum Gasteiger partial charge on any atom is -0.373 e. The standard InChI is InChI=1S/C32H34F2N10/c1-41-6-8-43(9-7-41)25-3-2-24-27(38-24)29-28(25)39-30(40-29)26-23-11-21(14-37-31(23)44-17-22(44)15-36-26)20-10-19(12-35-13-20)16-42-5-4-32(33,34)18-42/h2-3,10-14,22,27,38H,4-9,15-18H2,1H3,(H,39,40). The Hall–Kier alpha value is -4.16. The van der Waals surface area contributed by atoms with Crippen LogP contribution >= 0.6 is 0 Å². The van der Waals surface area contributed by atoms with Gasteiger partial charge in [-0.05, 0) is 36.9 Å². The summed E-state index contributed by atoms with van der Waals surface area (Å²) < 4.78 is 27.6. The summed E-state index contributed by atoms with van der Waals surface area (Å²) in [5.74, 6) is -0.935. The second-order valence-electron chi connectivity index (χ2n) is 12.9. The zero-order valence-corrected chi connectivity index (χ0v) is 24.6. The molecular formula is C32H34F2N10. The molecular weight excluding hydrogens is 562 g/mol. The molecule has 0 saturated carbocycles. The monoisotopic (exact) mass is 596 g/mol. The Morgan fingerprint density at radius 1 is 1.02 bits per heavy atom. The van der Waals surface area contributed by atoms with E-state index in [4.69, 9.17) is 15.0 Å². The third-order valence-corrected chi connectivity index (χ3v) is 9.64. The molecule has 9 rings (SSSR count). The van der Waals surface area contributed by atoms with Crippen molar-refractivity contribution in [2.24, 2.45) is 4.99 Å². The fraction of sp³-hybridized carbons (Fsp3) is 0.438. The van der Waals surface area contributed by atoms with Crippen LogP contribution in [0.25, 0.3) is 16.8 Å². The molecule has 3 aromatic heterocycles. The van der Waals surface area contributed by atoms with Gasteiger partial charge < -0.3 is 25.0 Å². The second kappa shape index (κ2) is 9.67. The number of rotatable bonds is 5. The number of halogens is 2. The molecule has 2 unspecified atom stereocenters. The molecule has 5 aliphatic heterocycles. The van der Waals surface area contributed by atoms with Crippen molar-refractivity contribution in [1.82, 2.24) is 40.0 Å². The first-order valence-corrected chi connectivity index (χ1v) is 15.5. The molecule has 0 aromatic carbocycles. The van der Waals surface area contributed by atoms with E-state index >= 15 is 0 Å². The lowest BCUT2D eigenvalue weighted by Crippen LogP contribution is -2.43. The van der Waals surface area contributed by atoms with Crippen molar-refractivity contribution in [2.45, 2.75) is 31.0 Å². The van der Waals surface area contributed by atoms with Gasteiger partial charge in [-0.15, -0.1) is 0 Å². The van der Waals surface area contributed by atoms with Gasteiger partial charge in [0.1, 0.15) is 23.3 Å². The highest BCUT2D eigenvalue weighted by Gasteiger charge is 2.42. The average molecular weight is 597 g/mol. The van der Waals surface area contributed by atoms with E-state index in [-0.39, 0.29) is 19.0 Å². The summed E-state index contributed by atoms with van der Waals surface area (Å²) in [6.07, 6.45) is 9.76. The van der Waals surface area contributed by atoms with Gasteiger partial charge in [-0.3, -0.25) is 14.9 Å². The van der Waals surface area contributed by atoms with Crippen LogP contribution in [0.5, 0.6) is 0 Å². The van der Waals surface area contributed by atoms with E-state index in [1.54, 1.807) is 11.1 Å². The number of allylic oxidation sites excluding steroid dienone is 2. The highest BCUT2D eigenvalue weighted by Crippen LogP contribution is 2.42. The number of piperazine rings is 1. The maximum absolute atomic E-state index is 13.8. The first-order valence-electron chi connectivity index (χ1n) is 15.5. The second-order valence-corrected chi connectivity index (χ2v) is 12.9. The number of fused-ring (bicyclic) bond motifs is 6. The van der Waals surface area contributed by atoms with Crippen LogP contribution in [0, 0.1) is 0 Å². The Kier molecular flexibility index (Phi) is 5.77. The quantitative estimate of drug-likeness (QED) is 0.434. The fourth-order valence-electron chi connectivity index (χ4n) is 6.98. The smallest absolute Gasteiger partial charge is 0.261 e. The van der Waals surface area contributed by atoms with E-state index in [0.29, 0.717) is 25.7 Å². The fourth-order valence-corrected chi connectivity index (χ4v) is 6.98. The molecule has 3 aromatic rings. The van der Waals surface area contributed by atoms with Crippen LogP contribution in [0.1, 0.15) is 40.8 Å². The number of nitrogens with zero attached hydrogens (tertiary/aromatic N) is 8. The normalized spacial score (nSPS) is 25.4. The molecule has 8 heterocycles. The van der Waals surface area contributed by atoms with E-state index in [0.717, 1.165) is 89.4 Å². The Balaban J connectivity index is 1.07. The van der Waals surface area contributed by atoms with Gasteiger partial charge in [-0.25, -0.2) is 18.7 Å². The molecule has 6 aliphatic rings. The summed E-state index contributed by atoms with van der Waals surface area (Å²) in [5, 5.41) is 3.49. The lowest BCUT2D eigenvalue weighted by Gasteiger charge is -2.35. The number of imidazole rings is 1. The summed E-state index contributed by atoms with van der Waals surface area (Å²) in [4.78, 5) is 32.3. The molecule has 12 heteroatoms. The van der Waals surface area contributed by atoms with Crippen LogP contribution in [-0.2, 0) is 6.54 Å². The number of aliphatic imine (C=N–C) groups is 1. The van der Waals surface area contributed by atoms with Crippen molar-refractivity contribution >= 4 is 17.2 Å². The van der Waals surface area contributed by atoms with Gasteiger partial charge in [0, 0.05) is 93.2 Å². The van der Waals surface area contributed by atoms with Crippen LogP contribution in [0.15, 0.2) is 53.6 Å². The summed E-state index contributed by atoms with van der Waals surface area (Å²) in [7, 11) is 2.17. The summed E-state index contributed by atoms with van der Waals surface area (Å²) in [6, 6.07) is 4.67. The Morgan fingerprint density at radius 3 is 2.73 bits per heavy atom. The number of likely N-dealkylation sites (N-methyl/N-ethyl adjacent to an activating group) is 1. The topological polar surface area (TPSA) is 101 Å². The van der Waals surface area contributed by atoms with Crippen molar-refractivity contribution in [3.63, 3.8) is 0 Å². The van der Waals surface area contributed by atoms with E-state index in [9.17, 15) is 8.78 Å². The maximum atomic E-state index is 13.8. The molecule has 0 amide bonds. The number of pyridine rings is 2. The van der Waals surface area contributed by atoms with Gasteiger partial charge in [-0.2, -0.15) is 0 Å². The number of nitrogens with one attached hydrogen (secondary N) is 2. The number of aromatic nitrogens is 4. The van der Waals surface area contributed by atoms with E-state index in [1.165, 1.54) is 5.70 Å². The first kappa shape index (κ1) is 26.3. The van der Waals surface area contributed by atoms with Gasteiger partial charge >= 0.3 is 0 Å². The highest BCUT2D eigenvalue weighted by atomic mass is 19.3. The van der Waals surface area contributed by atoms with Crippen molar-refractivity contribution < 1.29 is 8.78 Å². The van der Waals surface area contributed by atoms with Gasteiger partial charge in [0.2, 0.25) is 0 Å². The number of anilines is 1. The van der Waals surface area contributed by atoms with Gasteiger partial charge in [0.25, 0.3) is 5.92 Å². The van der Waals surface area contributed by atoms with Gasteiger partial charge in [0.15, 0.2) is 5.82 Å². The average Bonchev–Trinajstić information content (AvgIpc) is 3.91. The molecule has 4 saturated heterocycles. The third kappa shape index (κ3) is 4.58. The summed E-state index contributed by atoms with van der Waals surface area (Å²) in [5.41, 5.74) is 8.93. The third-order valence-electron chi connectivity index (χ3n) is 9.64. The van der Waals surface area contributed by atoms with Gasteiger partial charge in [0.05, 0.1) is 30.5 Å². The SMILES string of the molecule is CN1CCN(C2=CC=C3NC3c3[nH]c(C4=NCC5CN5c5ncc(-c6cncc(CN7CCC(F)(F)C7)c6)cc54)nc32)CC1. The van der Waals surface area contributed by atoms with Crippen molar-refractivity contribution in [1.29, 1.82) is 0 Å². The van der Waals surface area contributed by atoms with Crippen LogP contribution in [-0.4, -0.2) is 112 Å². The number of hydrogen-bond donors (Lipinski definition) is 2. The lowest BCUT2D eigenvalue weighted by molar-refractivity contribution is 0.0115. The van der Waals surface area contributed by atoms with Crippen LogP contribution in [0.4, 0.5) is 14.6 Å². The molecule has 1 aliphatic carbocycles. The first-order chi connectivity index (χ1) is 21.4. The predicted molar refractivity (Wildman–Crippen MR) is 164 cm³/mol. The summed E-state index contributed by atoms with van der Waals surface area (Å²) >= 11 is 0. The van der Waals surface area contributed by atoms with Crippen LogP contribution in [0.2, 0.25) is 0 Å². The number of aromatic amines is 1. The molecule has 4 fully saturated rings.